The molecule has 0 spiro atoms. The lowest BCUT2D eigenvalue weighted by atomic mass is 9.88. The van der Waals surface area contributed by atoms with E-state index < -0.39 is 5.97 Å². The topological polar surface area (TPSA) is 115 Å². The smallest absolute Gasteiger partial charge is 0.350 e. The van der Waals surface area contributed by atoms with Crippen LogP contribution in [0, 0.1) is 12.8 Å². The van der Waals surface area contributed by atoms with Crippen LogP contribution in [-0.2, 0) is 16.5 Å². The normalized spacial score (nSPS) is 17.9. The van der Waals surface area contributed by atoms with Crippen molar-refractivity contribution in [3.63, 3.8) is 0 Å². The maximum absolute atomic E-state index is 13.0. The van der Waals surface area contributed by atoms with Gasteiger partial charge in [0, 0.05) is 32.3 Å². The number of piperidine rings is 1. The molecular formula is C23H26Cl2N6O4S. The highest BCUT2D eigenvalue weighted by atomic mass is 35.5. The van der Waals surface area contributed by atoms with Crippen LogP contribution >= 0.6 is 34.5 Å². The molecular weight excluding hydrogens is 527 g/mol. The number of halogens is 2. The third kappa shape index (κ3) is 5.19. The summed E-state index contributed by atoms with van der Waals surface area (Å²) in [5.74, 6) is -0.194. The molecule has 0 amide bonds. The predicted octanol–water partition coefficient (Wildman–Crippen LogP) is 4.34. The molecule has 1 aliphatic rings. The van der Waals surface area contributed by atoms with Gasteiger partial charge in [0.15, 0.2) is 16.7 Å². The molecule has 1 saturated heterocycles. The Bertz CT molecular complexity index is 1290. The molecule has 0 unspecified atom stereocenters. The lowest BCUT2D eigenvalue weighted by molar-refractivity contribution is 0.0184. The van der Waals surface area contributed by atoms with Crippen LogP contribution < -0.4 is 4.90 Å². The number of hydrogen-bond acceptors (Lipinski definition) is 9. The quantitative estimate of drug-likeness (QED) is 0.237. The molecule has 1 fully saturated rings. The van der Waals surface area contributed by atoms with E-state index >= 15 is 0 Å². The third-order valence-corrected chi connectivity index (χ3v) is 8.13. The second-order valence-electron chi connectivity index (χ2n) is 8.41. The van der Waals surface area contributed by atoms with E-state index in [1.807, 2.05) is 4.90 Å². The zero-order valence-electron chi connectivity index (χ0n) is 20.1. The Balaban J connectivity index is 1.57. The number of Topliss-reactive ketones (excluding diaryl/α,β-unsaturated/α-hetero) is 1. The Morgan fingerprint density at radius 1 is 1.36 bits per heavy atom. The van der Waals surface area contributed by atoms with Crippen LogP contribution in [0.3, 0.4) is 0 Å². The number of ketones is 1. The Morgan fingerprint density at radius 2 is 2.14 bits per heavy atom. The van der Waals surface area contributed by atoms with Crippen molar-refractivity contribution in [2.45, 2.75) is 25.9 Å². The Kier molecular flexibility index (Phi) is 8.13. The van der Waals surface area contributed by atoms with Crippen molar-refractivity contribution < 1.29 is 19.1 Å². The first kappa shape index (κ1) is 26.3. The first-order valence-electron chi connectivity index (χ1n) is 11.2. The Labute approximate surface area is 222 Å². The van der Waals surface area contributed by atoms with E-state index in [2.05, 4.69) is 21.6 Å². The highest BCUT2D eigenvalue weighted by molar-refractivity contribution is 7.17. The molecule has 4 rings (SSSR count). The van der Waals surface area contributed by atoms with Gasteiger partial charge in [0.05, 0.1) is 29.9 Å². The largest absolute Gasteiger partial charge is 0.465 e. The van der Waals surface area contributed by atoms with Crippen LogP contribution in [-0.4, -0.2) is 69.4 Å². The summed E-state index contributed by atoms with van der Waals surface area (Å²) in [6.45, 7) is 6.95. The van der Waals surface area contributed by atoms with Crippen molar-refractivity contribution in [1.82, 2.24) is 24.7 Å². The standard InChI is InChI=1S/C23H26Cl2N6O4S/c1-5-8-35-15-10-31(7-6-13(15)9-14(32)18-17(25)16(24)12(2)28-18)23-29-19(20(36-23)22(33)34-4)21-26-11-27-30(21)3/h5,11,13,15,28H,1,6-10H2,2-4H3/t13-,15-/m0/s1. The van der Waals surface area contributed by atoms with Crippen LogP contribution in [0.5, 0.6) is 0 Å². The highest BCUT2D eigenvalue weighted by Crippen LogP contribution is 2.37. The highest BCUT2D eigenvalue weighted by Gasteiger charge is 2.35. The Hall–Kier alpha value is -2.73. The van der Waals surface area contributed by atoms with Crippen molar-refractivity contribution in [2.75, 3.05) is 31.7 Å². The molecule has 13 heteroatoms. The second kappa shape index (κ2) is 11.1. The number of thiazole rings is 1. The van der Waals surface area contributed by atoms with Crippen molar-refractivity contribution in [2.24, 2.45) is 13.0 Å². The molecule has 0 aromatic carbocycles. The maximum atomic E-state index is 13.0. The summed E-state index contributed by atoms with van der Waals surface area (Å²) in [6, 6.07) is 0. The van der Waals surface area contributed by atoms with Crippen LogP contribution in [0.1, 0.15) is 38.7 Å². The summed E-state index contributed by atoms with van der Waals surface area (Å²) in [4.78, 5) is 39.9. The number of esters is 1. The number of ether oxygens (including phenoxy) is 2. The summed E-state index contributed by atoms with van der Waals surface area (Å²) < 4.78 is 12.6. The number of methoxy groups -OCH3 is 1. The number of H-pyrrole nitrogens is 1. The molecule has 2 atom stereocenters. The fraction of sp³-hybridized carbons (Fsp3) is 0.435. The average Bonchev–Trinajstić information content (AvgIpc) is 3.56. The van der Waals surface area contributed by atoms with Crippen molar-refractivity contribution in [3.8, 4) is 11.5 Å². The number of aryl methyl sites for hydroxylation is 2. The van der Waals surface area contributed by atoms with E-state index in [0.717, 1.165) is 0 Å². The number of carbonyl (C=O) groups is 2. The molecule has 0 aliphatic carbocycles. The Morgan fingerprint density at radius 3 is 2.75 bits per heavy atom. The van der Waals surface area contributed by atoms with Gasteiger partial charge in [-0.1, -0.05) is 40.6 Å². The first-order valence-corrected chi connectivity index (χ1v) is 12.8. The van der Waals surface area contributed by atoms with Gasteiger partial charge in [-0.3, -0.25) is 4.79 Å². The van der Waals surface area contributed by atoms with Crippen molar-refractivity contribution in [1.29, 1.82) is 0 Å². The summed E-state index contributed by atoms with van der Waals surface area (Å²) in [7, 11) is 3.06. The molecule has 3 aromatic rings. The van der Waals surface area contributed by atoms with Gasteiger partial charge in [0.1, 0.15) is 22.6 Å². The molecule has 1 N–H and O–H groups in total. The maximum Gasteiger partial charge on any atom is 0.350 e. The van der Waals surface area contributed by atoms with Gasteiger partial charge in [-0.25, -0.2) is 19.4 Å². The summed E-state index contributed by atoms with van der Waals surface area (Å²) in [5, 5.41) is 5.33. The number of aromatic amines is 1. The minimum Gasteiger partial charge on any atom is -0.465 e. The summed E-state index contributed by atoms with van der Waals surface area (Å²) in [6.07, 6.45) is 3.73. The summed E-state index contributed by atoms with van der Waals surface area (Å²) >= 11 is 13.7. The number of aromatic nitrogens is 5. The molecule has 0 radical (unpaired) electrons. The molecule has 192 valence electrons. The van der Waals surface area contributed by atoms with Crippen LogP contribution in [0.25, 0.3) is 11.5 Å². The van der Waals surface area contributed by atoms with E-state index in [4.69, 9.17) is 37.7 Å². The van der Waals surface area contributed by atoms with E-state index in [-0.39, 0.29) is 29.2 Å². The number of rotatable bonds is 9. The lowest BCUT2D eigenvalue weighted by Crippen LogP contribution is -2.46. The van der Waals surface area contributed by atoms with Gasteiger partial charge in [0.2, 0.25) is 0 Å². The van der Waals surface area contributed by atoms with Gasteiger partial charge in [-0.05, 0) is 19.3 Å². The monoisotopic (exact) mass is 552 g/mol. The molecule has 3 aromatic heterocycles. The van der Waals surface area contributed by atoms with Gasteiger partial charge < -0.3 is 19.4 Å². The van der Waals surface area contributed by atoms with Crippen molar-refractivity contribution >= 4 is 51.4 Å². The van der Waals surface area contributed by atoms with Crippen LogP contribution in [0.2, 0.25) is 10.0 Å². The van der Waals surface area contributed by atoms with Gasteiger partial charge in [-0.15, -0.1) is 6.58 Å². The molecule has 1 aliphatic heterocycles. The van der Waals surface area contributed by atoms with E-state index in [1.54, 1.807) is 24.7 Å². The molecule has 10 nitrogen and oxygen atoms in total. The van der Waals surface area contributed by atoms with Gasteiger partial charge in [0.25, 0.3) is 0 Å². The first-order chi connectivity index (χ1) is 17.2. The molecule has 36 heavy (non-hydrogen) atoms. The number of hydrogen-bond donors (Lipinski definition) is 1. The third-order valence-electron chi connectivity index (χ3n) is 6.08. The average molecular weight is 553 g/mol. The zero-order chi connectivity index (χ0) is 26.0. The number of nitrogens with one attached hydrogen (secondary N) is 1. The lowest BCUT2D eigenvalue weighted by Gasteiger charge is -2.38. The SMILES string of the molecule is C=CCO[C@H]1CN(c2nc(-c3ncnn3C)c(C(=O)OC)s2)CC[C@H]1CC(=O)c1[nH]c(C)c(Cl)c1Cl. The number of anilines is 1. The van der Waals surface area contributed by atoms with Crippen molar-refractivity contribution in [3.05, 3.63) is 45.3 Å². The zero-order valence-corrected chi connectivity index (χ0v) is 22.4. The van der Waals surface area contributed by atoms with E-state index in [1.165, 1.54) is 24.8 Å². The van der Waals surface area contributed by atoms with Gasteiger partial charge in [-0.2, -0.15) is 5.10 Å². The fourth-order valence-corrected chi connectivity index (χ4v) is 5.64. The number of nitrogens with zero attached hydrogens (tertiary/aromatic N) is 5. The fourth-order valence-electron chi connectivity index (χ4n) is 4.19. The molecule has 0 bridgehead atoms. The molecule has 4 heterocycles. The predicted molar refractivity (Wildman–Crippen MR) is 138 cm³/mol. The molecule has 0 saturated carbocycles. The van der Waals surface area contributed by atoms with Crippen LogP contribution in [0.15, 0.2) is 19.0 Å². The summed E-state index contributed by atoms with van der Waals surface area (Å²) in [5.41, 5.74) is 1.39. The minimum atomic E-state index is -0.492. The van der Waals surface area contributed by atoms with Gasteiger partial charge >= 0.3 is 5.97 Å². The van der Waals surface area contributed by atoms with E-state index in [0.29, 0.717) is 64.1 Å². The number of carbonyl (C=O) groups excluding carboxylic acids is 2. The van der Waals surface area contributed by atoms with E-state index in [9.17, 15) is 9.59 Å². The van der Waals surface area contributed by atoms with Crippen LogP contribution in [0.4, 0.5) is 5.13 Å². The second-order valence-corrected chi connectivity index (χ2v) is 10.1. The minimum absolute atomic E-state index is 0.0506.